The van der Waals surface area contributed by atoms with Crippen LogP contribution in [0, 0.1) is 5.41 Å². The number of aromatic nitrogens is 1. The van der Waals surface area contributed by atoms with Gasteiger partial charge in [-0.15, -0.1) is 11.3 Å². The summed E-state index contributed by atoms with van der Waals surface area (Å²) in [5, 5.41) is 18.0. The molecule has 7 heteroatoms. The molecule has 1 aromatic rings. The summed E-state index contributed by atoms with van der Waals surface area (Å²) in [5.74, 6) is -1.40. The predicted octanol–water partition coefficient (Wildman–Crippen LogP) is 0.256. The van der Waals surface area contributed by atoms with Gasteiger partial charge in [-0.05, 0) is 25.9 Å². The fourth-order valence-electron chi connectivity index (χ4n) is 2.22. The molecular formula is C12H17N3O3S. The average molecular weight is 283 g/mol. The molecule has 1 aliphatic rings. The largest absolute Gasteiger partial charge is 0.480 e. The maximum Gasteiger partial charge on any atom is 0.319 e. The molecule has 0 spiro atoms. The highest BCUT2D eigenvalue weighted by Gasteiger charge is 2.46. The topological polar surface area (TPSA) is 91.3 Å². The van der Waals surface area contributed by atoms with Gasteiger partial charge in [0.1, 0.15) is 5.41 Å². The van der Waals surface area contributed by atoms with Gasteiger partial charge in [0.25, 0.3) is 0 Å². The SMILES string of the molecule is O=C(O)C1(C(=O)NCCc2nccs2)CCNCC1. The highest BCUT2D eigenvalue weighted by molar-refractivity contribution is 7.09. The smallest absolute Gasteiger partial charge is 0.319 e. The Morgan fingerprint density at radius 3 is 2.79 bits per heavy atom. The number of carbonyl (C=O) groups is 2. The predicted molar refractivity (Wildman–Crippen MR) is 71.0 cm³/mol. The monoisotopic (exact) mass is 283 g/mol. The summed E-state index contributed by atoms with van der Waals surface area (Å²) < 4.78 is 0. The van der Waals surface area contributed by atoms with Crippen molar-refractivity contribution in [2.45, 2.75) is 19.3 Å². The zero-order chi connectivity index (χ0) is 13.7. The van der Waals surface area contributed by atoms with Crippen molar-refractivity contribution < 1.29 is 14.7 Å². The second-order valence-electron chi connectivity index (χ2n) is 4.57. The first-order valence-electron chi connectivity index (χ1n) is 6.26. The van der Waals surface area contributed by atoms with E-state index < -0.39 is 11.4 Å². The zero-order valence-electron chi connectivity index (χ0n) is 10.5. The maximum absolute atomic E-state index is 12.2. The van der Waals surface area contributed by atoms with Crippen LogP contribution in [-0.4, -0.2) is 41.6 Å². The quantitative estimate of drug-likeness (QED) is 0.674. The van der Waals surface area contributed by atoms with E-state index in [0.29, 0.717) is 38.9 Å². The van der Waals surface area contributed by atoms with Gasteiger partial charge < -0.3 is 15.7 Å². The van der Waals surface area contributed by atoms with Gasteiger partial charge in [0.15, 0.2) is 0 Å². The third-order valence-corrected chi connectivity index (χ3v) is 4.25. The van der Waals surface area contributed by atoms with Crippen LogP contribution in [0.5, 0.6) is 0 Å². The molecule has 0 atom stereocenters. The maximum atomic E-state index is 12.2. The van der Waals surface area contributed by atoms with E-state index in [1.165, 1.54) is 11.3 Å². The number of nitrogens with zero attached hydrogens (tertiary/aromatic N) is 1. The Bertz CT molecular complexity index is 441. The molecule has 104 valence electrons. The zero-order valence-corrected chi connectivity index (χ0v) is 11.3. The van der Waals surface area contributed by atoms with E-state index in [1.807, 2.05) is 5.38 Å². The van der Waals surface area contributed by atoms with Crippen molar-refractivity contribution in [1.82, 2.24) is 15.6 Å². The van der Waals surface area contributed by atoms with Gasteiger partial charge in [0, 0.05) is 24.5 Å². The highest BCUT2D eigenvalue weighted by Crippen LogP contribution is 2.29. The lowest BCUT2D eigenvalue weighted by atomic mass is 9.78. The Kier molecular flexibility index (Phi) is 4.49. The lowest BCUT2D eigenvalue weighted by Crippen LogP contribution is -2.52. The van der Waals surface area contributed by atoms with E-state index in [0.717, 1.165) is 5.01 Å². The molecule has 1 amide bonds. The summed E-state index contributed by atoms with van der Waals surface area (Å²) >= 11 is 1.53. The molecule has 0 aromatic carbocycles. The Morgan fingerprint density at radius 2 is 2.21 bits per heavy atom. The fraction of sp³-hybridized carbons (Fsp3) is 0.583. The van der Waals surface area contributed by atoms with Crippen molar-refractivity contribution in [2.24, 2.45) is 5.41 Å². The molecule has 1 aliphatic heterocycles. The van der Waals surface area contributed by atoms with Gasteiger partial charge in [-0.2, -0.15) is 0 Å². The van der Waals surface area contributed by atoms with Crippen LogP contribution in [0.25, 0.3) is 0 Å². The third-order valence-electron chi connectivity index (χ3n) is 3.41. The van der Waals surface area contributed by atoms with Crippen molar-refractivity contribution in [2.75, 3.05) is 19.6 Å². The van der Waals surface area contributed by atoms with E-state index in [9.17, 15) is 14.7 Å². The van der Waals surface area contributed by atoms with Crippen molar-refractivity contribution in [3.05, 3.63) is 16.6 Å². The van der Waals surface area contributed by atoms with Crippen molar-refractivity contribution in [3.63, 3.8) is 0 Å². The summed E-state index contributed by atoms with van der Waals surface area (Å²) in [4.78, 5) is 27.7. The molecule has 0 unspecified atom stereocenters. The molecule has 3 N–H and O–H groups in total. The standard InChI is InChI=1S/C12H17N3O3S/c16-10(15-4-1-9-14-7-8-19-9)12(11(17)18)2-5-13-6-3-12/h7-8,13H,1-6H2,(H,15,16)(H,17,18). The fourth-order valence-corrected chi connectivity index (χ4v) is 2.84. The molecule has 2 rings (SSSR count). The van der Waals surface area contributed by atoms with Gasteiger partial charge in [-0.1, -0.05) is 0 Å². The molecule has 1 saturated heterocycles. The lowest BCUT2D eigenvalue weighted by molar-refractivity contribution is -0.157. The molecule has 2 heterocycles. The average Bonchev–Trinajstić information content (AvgIpc) is 2.92. The minimum absolute atomic E-state index is 0.339. The molecule has 0 radical (unpaired) electrons. The number of nitrogens with one attached hydrogen (secondary N) is 2. The highest BCUT2D eigenvalue weighted by atomic mass is 32.1. The normalized spacial score (nSPS) is 17.9. The number of thiazole rings is 1. The molecule has 19 heavy (non-hydrogen) atoms. The number of rotatable bonds is 5. The summed E-state index contributed by atoms with van der Waals surface area (Å²) in [7, 11) is 0. The van der Waals surface area contributed by atoms with Gasteiger partial charge in [0.2, 0.25) is 5.91 Å². The molecule has 6 nitrogen and oxygen atoms in total. The van der Waals surface area contributed by atoms with E-state index in [2.05, 4.69) is 15.6 Å². The first kappa shape index (κ1) is 14.0. The summed E-state index contributed by atoms with van der Waals surface area (Å²) in [5.41, 5.74) is -1.27. The second-order valence-corrected chi connectivity index (χ2v) is 5.55. The summed E-state index contributed by atoms with van der Waals surface area (Å²) in [6, 6.07) is 0. The number of hydrogen-bond donors (Lipinski definition) is 3. The number of carbonyl (C=O) groups excluding carboxylic acids is 1. The van der Waals surface area contributed by atoms with Crippen LogP contribution in [0.4, 0.5) is 0 Å². The first-order valence-corrected chi connectivity index (χ1v) is 7.14. The molecule has 0 aliphatic carbocycles. The number of aliphatic carboxylic acids is 1. The minimum Gasteiger partial charge on any atom is -0.480 e. The van der Waals surface area contributed by atoms with Crippen LogP contribution in [-0.2, 0) is 16.0 Å². The molecule has 0 bridgehead atoms. The lowest BCUT2D eigenvalue weighted by Gasteiger charge is -2.32. The molecular weight excluding hydrogens is 266 g/mol. The molecule has 1 aromatic heterocycles. The van der Waals surface area contributed by atoms with Crippen LogP contribution in [0.3, 0.4) is 0 Å². The molecule has 1 fully saturated rings. The van der Waals surface area contributed by atoms with Gasteiger partial charge in [0.05, 0.1) is 5.01 Å². The Balaban J connectivity index is 1.91. The van der Waals surface area contributed by atoms with Crippen molar-refractivity contribution >= 4 is 23.2 Å². The van der Waals surface area contributed by atoms with E-state index in [1.54, 1.807) is 6.20 Å². The number of amides is 1. The third kappa shape index (κ3) is 3.10. The van der Waals surface area contributed by atoms with Crippen LogP contribution in [0.1, 0.15) is 17.8 Å². The Labute approximate surface area is 115 Å². The van der Waals surface area contributed by atoms with Crippen molar-refractivity contribution in [1.29, 1.82) is 0 Å². The van der Waals surface area contributed by atoms with Crippen LogP contribution in [0.2, 0.25) is 0 Å². The number of hydrogen-bond acceptors (Lipinski definition) is 5. The molecule has 0 saturated carbocycles. The van der Waals surface area contributed by atoms with Gasteiger partial charge in [-0.25, -0.2) is 4.98 Å². The number of carboxylic acid groups (broad SMARTS) is 1. The van der Waals surface area contributed by atoms with E-state index in [4.69, 9.17) is 0 Å². The van der Waals surface area contributed by atoms with Gasteiger partial charge >= 0.3 is 5.97 Å². The van der Waals surface area contributed by atoms with Crippen LogP contribution >= 0.6 is 11.3 Å². The summed E-state index contributed by atoms with van der Waals surface area (Å²) in [6.07, 6.45) is 3.03. The van der Waals surface area contributed by atoms with Crippen LogP contribution < -0.4 is 10.6 Å². The minimum atomic E-state index is -1.27. The first-order chi connectivity index (χ1) is 9.15. The Hall–Kier alpha value is -1.47. The van der Waals surface area contributed by atoms with E-state index in [-0.39, 0.29) is 5.91 Å². The van der Waals surface area contributed by atoms with E-state index >= 15 is 0 Å². The number of carboxylic acids is 1. The second kappa shape index (κ2) is 6.12. The van der Waals surface area contributed by atoms with Crippen molar-refractivity contribution in [3.8, 4) is 0 Å². The summed E-state index contributed by atoms with van der Waals surface area (Å²) in [6.45, 7) is 1.55. The number of piperidine rings is 1. The van der Waals surface area contributed by atoms with Gasteiger partial charge in [-0.3, -0.25) is 9.59 Å². The van der Waals surface area contributed by atoms with Crippen LogP contribution in [0.15, 0.2) is 11.6 Å². The Morgan fingerprint density at radius 1 is 1.47 bits per heavy atom.